The number of rotatable bonds is 2. The van der Waals surface area contributed by atoms with Crippen molar-refractivity contribution in [2.75, 3.05) is 6.54 Å². The van der Waals surface area contributed by atoms with Crippen LogP contribution in [0.1, 0.15) is 24.0 Å². The van der Waals surface area contributed by atoms with E-state index in [-0.39, 0.29) is 19.4 Å². The van der Waals surface area contributed by atoms with Crippen LogP contribution in [0.2, 0.25) is 5.02 Å². The van der Waals surface area contributed by atoms with Crippen molar-refractivity contribution < 1.29 is 8.78 Å². The third kappa shape index (κ3) is 1.82. The summed E-state index contributed by atoms with van der Waals surface area (Å²) in [4.78, 5) is 0. The van der Waals surface area contributed by atoms with Gasteiger partial charge >= 0.3 is 0 Å². The van der Waals surface area contributed by atoms with E-state index in [9.17, 15) is 8.78 Å². The lowest BCUT2D eigenvalue weighted by atomic mass is 9.62. The molecule has 1 aromatic carbocycles. The quantitative estimate of drug-likeness (QED) is 0.850. The molecule has 2 N–H and O–H groups in total. The Hall–Kier alpha value is -0.670. The standard InChI is InChI=1S/C12H14ClF2N/c1-8-2-3-10(13)9(4-8)11(7-16)5-12(14,15)6-11/h2-4H,5-7,16H2,1H3. The molecule has 1 aromatic rings. The molecule has 1 aliphatic carbocycles. The van der Waals surface area contributed by atoms with Gasteiger partial charge in [0.2, 0.25) is 5.92 Å². The Morgan fingerprint density at radius 1 is 1.38 bits per heavy atom. The maximum absolute atomic E-state index is 13.0. The summed E-state index contributed by atoms with van der Waals surface area (Å²) >= 11 is 6.06. The Kier molecular flexibility index (Phi) is 2.71. The summed E-state index contributed by atoms with van der Waals surface area (Å²) in [6.45, 7) is 2.13. The highest BCUT2D eigenvalue weighted by Gasteiger charge is 2.57. The zero-order valence-electron chi connectivity index (χ0n) is 9.06. The van der Waals surface area contributed by atoms with E-state index >= 15 is 0 Å². The Morgan fingerprint density at radius 3 is 2.50 bits per heavy atom. The van der Waals surface area contributed by atoms with Gasteiger partial charge in [-0.05, 0) is 18.6 Å². The zero-order chi connectivity index (χ0) is 12.0. The molecule has 16 heavy (non-hydrogen) atoms. The molecule has 0 spiro atoms. The third-order valence-corrected chi connectivity index (χ3v) is 3.61. The van der Waals surface area contributed by atoms with Crippen molar-refractivity contribution in [3.05, 3.63) is 34.3 Å². The molecule has 1 fully saturated rings. The van der Waals surface area contributed by atoms with Crippen molar-refractivity contribution in [1.82, 2.24) is 0 Å². The molecule has 0 bridgehead atoms. The molecule has 1 saturated carbocycles. The van der Waals surface area contributed by atoms with Crippen LogP contribution in [-0.2, 0) is 5.41 Å². The minimum atomic E-state index is -2.59. The highest BCUT2D eigenvalue weighted by Crippen LogP contribution is 2.54. The van der Waals surface area contributed by atoms with Crippen molar-refractivity contribution in [3.63, 3.8) is 0 Å². The van der Waals surface area contributed by atoms with Gasteiger partial charge in [0.15, 0.2) is 0 Å². The zero-order valence-corrected chi connectivity index (χ0v) is 9.82. The fraction of sp³-hybridized carbons (Fsp3) is 0.500. The Morgan fingerprint density at radius 2 is 2.00 bits per heavy atom. The Balaban J connectivity index is 2.39. The van der Waals surface area contributed by atoms with Crippen LogP contribution in [0.25, 0.3) is 0 Å². The first kappa shape index (κ1) is 11.8. The maximum atomic E-state index is 13.0. The molecule has 0 atom stereocenters. The second kappa shape index (κ2) is 3.67. The molecule has 0 heterocycles. The van der Waals surface area contributed by atoms with Crippen LogP contribution in [0.5, 0.6) is 0 Å². The largest absolute Gasteiger partial charge is 0.330 e. The predicted molar refractivity (Wildman–Crippen MR) is 61.1 cm³/mol. The smallest absolute Gasteiger partial charge is 0.250 e. The number of nitrogens with two attached hydrogens (primary N) is 1. The Labute approximate surface area is 98.6 Å². The van der Waals surface area contributed by atoms with Crippen molar-refractivity contribution in [3.8, 4) is 0 Å². The molecule has 0 amide bonds. The van der Waals surface area contributed by atoms with E-state index in [1.54, 1.807) is 6.07 Å². The summed E-state index contributed by atoms with van der Waals surface area (Å²) in [5.74, 6) is -2.59. The van der Waals surface area contributed by atoms with E-state index in [1.165, 1.54) is 0 Å². The predicted octanol–water partition coefficient (Wildman–Crippen LogP) is 3.27. The van der Waals surface area contributed by atoms with Crippen LogP contribution in [0, 0.1) is 6.92 Å². The summed E-state index contributed by atoms with van der Waals surface area (Å²) in [6.07, 6.45) is -0.390. The Bertz CT molecular complexity index is 409. The first-order chi connectivity index (χ1) is 7.38. The molecular formula is C12H14ClF2N. The molecule has 2 rings (SSSR count). The molecule has 1 aliphatic rings. The summed E-state index contributed by atoms with van der Waals surface area (Å²) < 4.78 is 26.1. The second-order valence-electron chi connectivity index (χ2n) is 4.68. The first-order valence-corrected chi connectivity index (χ1v) is 5.61. The molecule has 0 unspecified atom stereocenters. The normalized spacial score (nSPS) is 21.6. The minimum Gasteiger partial charge on any atom is -0.330 e. The van der Waals surface area contributed by atoms with Gasteiger partial charge in [0.05, 0.1) is 0 Å². The number of halogens is 3. The van der Waals surface area contributed by atoms with Crippen molar-refractivity contribution in [2.45, 2.75) is 31.1 Å². The fourth-order valence-electron chi connectivity index (χ4n) is 2.43. The number of benzene rings is 1. The van der Waals surface area contributed by atoms with E-state index in [2.05, 4.69) is 0 Å². The summed E-state index contributed by atoms with van der Waals surface area (Å²) in [5.41, 5.74) is 6.80. The molecule has 1 nitrogen and oxygen atoms in total. The number of aryl methyl sites for hydroxylation is 1. The molecule has 4 heteroatoms. The lowest BCUT2D eigenvalue weighted by Gasteiger charge is -2.47. The van der Waals surface area contributed by atoms with E-state index < -0.39 is 11.3 Å². The molecule has 0 aliphatic heterocycles. The molecule has 0 saturated heterocycles. The molecular weight excluding hydrogens is 232 g/mol. The van der Waals surface area contributed by atoms with Gasteiger partial charge < -0.3 is 5.73 Å². The van der Waals surface area contributed by atoms with Crippen LogP contribution in [0.4, 0.5) is 8.78 Å². The average Bonchev–Trinajstić information content (AvgIpc) is 2.17. The van der Waals surface area contributed by atoms with Crippen LogP contribution in [0.3, 0.4) is 0 Å². The molecule has 0 radical (unpaired) electrons. The van der Waals surface area contributed by atoms with E-state index in [0.717, 1.165) is 11.1 Å². The SMILES string of the molecule is Cc1ccc(Cl)c(C2(CN)CC(F)(F)C2)c1. The fourth-order valence-corrected chi connectivity index (χ4v) is 2.75. The summed E-state index contributed by atoms with van der Waals surface area (Å²) in [7, 11) is 0. The first-order valence-electron chi connectivity index (χ1n) is 5.23. The lowest BCUT2D eigenvalue weighted by Crippen LogP contribution is -2.53. The van der Waals surface area contributed by atoms with E-state index in [1.807, 2.05) is 19.1 Å². The highest BCUT2D eigenvalue weighted by atomic mass is 35.5. The maximum Gasteiger partial charge on any atom is 0.250 e. The van der Waals surface area contributed by atoms with Gasteiger partial charge in [0.1, 0.15) is 0 Å². The van der Waals surface area contributed by atoms with Crippen LogP contribution >= 0.6 is 11.6 Å². The lowest BCUT2D eigenvalue weighted by molar-refractivity contribution is -0.123. The van der Waals surface area contributed by atoms with E-state index in [4.69, 9.17) is 17.3 Å². The van der Waals surface area contributed by atoms with Crippen molar-refractivity contribution in [1.29, 1.82) is 0 Å². The van der Waals surface area contributed by atoms with Crippen LogP contribution < -0.4 is 5.73 Å². The second-order valence-corrected chi connectivity index (χ2v) is 5.08. The highest BCUT2D eigenvalue weighted by molar-refractivity contribution is 6.31. The summed E-state index contributed by atoms with van der Waals surface area (Å²) in [6, 6.07) is 5.48. The molecule has 0 aromatic heterocycles. The van der Waals surface area contributed by atoms with Crippen molar-refractivity contribution >= 4 is 11.6 Å². The average molecular weight is 246 g/mol. The van der Waals surface area contributed by atoms with Crippen molar-refractivity contribution in [2.24, 2.45) is 5.73 Å². The molecule has 88 valence electrons. The van der Waals surface area contributed by atoms with Gasteiger partial charge in [-0.2, -0.15) is 0 Å². The summed E-state index contributed by atoms with van der Waals surface area (Å²) in [5, 5.41) is 0.534. The number of hydrogen-bond acceptors (Lipinski definition) is 1. The number of hydrogen-bond donors (Lipinski definition) is 1. The van der Waals surface area contributed by atoms with Gasteiger partial charge in [-0.1, -0.05) is 29.3 Å². The monoisotopic (exact) mass is 245 g/mol. The van der Waals surface area contributed by atoms with E-state index in [0.29, 0.717) is 5.02 Å². The topological polar surface area (TPSA) is 26.0 Å². The van der Waals surface area contributed by atoms with Crippen LogP contribution in [-0.4, -0.2) is 12.5 Å². The third-order valence-electron chi connectivity index (χ3n) is 3.28. The van der Waals surface area contributed by atoms with Gasteiger partial charge in [0, 0.05) is 29.8 Å². The van der Waals surface area contributed by atoms with Crippen LogP contribution in [0.15, 0.2) is 18.2 Å². The van der Waals surface area contributed by atoms with Gasteiger partial charge in [0.25, 0.3) is 0 Å². The van der Waals surface area contributed by atoms with Gasteiger partial charge in [-0.25, -0.2) is 8.78 Å². The van der Waals surface area contributed by atoms with Gasteiger partial charge in [-0.15, -0.1) is 0 Å². The number of alkyl halides is 2. The van der Waals surface area contributed by atoms with Gasteiger partial charge in [-0.3, -0.25) is 0 Å². The minimum absolute atomic E-state index is 0.195.